The lowest BCUT2D eigenvalue weighted by atomic mass is 10.0. The monoisotopic (exact) mass is 281 g/mol. The highest BCUT2D eigenvalue weighted by molar-refractivity contribution is 6.30. The van der Waals surface area contributed by atoms with Crippen molar-refractivity contribution >= 4 is 11.6 Å². The summed E-state index contributed by atoms with van der Waals surface area (Å²) >= 11 is 6.16. The summed E-state index contributed by atoms with van der Waals surface area (Å²) in [6.45, 7) is 8.40. The molecular formula is C16H24ClNO. The number of fused-ring (bicyclic) bond motifs is 1. The summed E-state index contributed by atoms with van der Waals surface area (Å²) in [6.07, 6.45) is 3.45. The summed E-state index contributed by atoms with van der Waals surface area (Å²) in [6, 6.07) is 4.57. The molecule has 1 unspecified atom stereocenters. The third-order valence-corrected chi connectivity index (χ3v) is 3.86. The van der Waals surface area contributed by atoms with Gasteiger partial charge in [0.25, 0.3) is 0 Å². The quantitative estimate of drug-likeness (QED) is 0.844. The smallest absolute Gasteiger partial charge is 0.127 e. The van der Waals surface area contributed by atoms with Gasteiger partial charge in [-0.05, 0) is 43.4 Å². The molecule has 2 nitrogen and oxygen atoms in total. The largest absolute Gasteiger partial charge is 0.493 e. The van der Waals surface area contributed by atoms with Crippen molar-refractivity contribution in [2.24, 2.45) is 5.92 Å². The van der Waals surface area contributed by atoms with E-state index in [1.54, 1.807) is 0 Å². The molecule has 0 saturated carbocycles. The van der Waals surface area contributed by atoms with Crippen LogP contribution in [-0.2, 0) is 13.0 Å². The normalized spacial score (nSPS) is 15.4. The Hall–Kier alpha value is -0.730. The molecule has 1 heterocycles. The molecule has 2 rings (SSSR count). The second kappa shape index (κ2) is 6.62. The van der Waals surface area contributed by atoms with E-state index in [9.17, 15) is 0 Å². The first kappa shape index (κ1) is 14.7. The van der Waals surface area contributed by atoms with Crippen LogP contribution >= 0.6 is 11.6 Å². The highest BCUT2D eigenvalue weighted by atomic mass is 35.5. The lowest BCUT2D eigenvalue weighted by Crippen LogP contribution is -2.26. The molecule has 0 bridgehead atoms. The van der Waals surface area contributed by atoms with Gasteiger partial charge < -0.3 is 10.1 Å². The molecule has 0 radical (unpaired) electrons. The minimum absolute atomic E-state index is 0.526. The van der Waals surface area contributed by atoms with Gasteiger partial charge in [0.05, 0.1) is 6.61 Å². The Kier molecular flexibility index (Phi) is 5.12. The Bertz CT molecular complexity index is 431. The van der Waals surface area contributed by atoms with Gasteiger partial charge in [0, 0.05) is 29.6 Å². The highest BCUT2D eigenvalue weighted by Gasteiger charge is 2.17. The number of rotatable bonds is 6. The third-order valence-electron chi connectivity index (χ3n) is 3.64. The molecule has 1 aromatic carbocycles. The van der Waals surface area contributed by atoms with Gasteiger partial charge in [0.1, 0.15) is 5.75 Å². The molecule has 0 aromatic heterocycles. The molecule has 0 spiro atoms. The van der Waals surface area contributed by atoms with E-state index in [0.717, 1.165) is 36.3 Å². The molecule has 19 heavy (non-hydrogen) atoms. The van der Waals surface area contributed by atoms with Crippen LogP contribution in [0.1, 0.15) is 44.7 Å². The second-order valence-electron chi connectivity index (χ2n) is 5.90. The maximum atomic E-state index is 6.16. The van der Waals surface area contributed by atoms with E-state index in [1.165, 1.54) is 24.0 Å². The van der Waals surface area contributed by atoms with Crippen LogP contribution in [0.4, 0.5) is 0 Å². The van der Waals surface area contributed by atoms with Gasteiger partial charge in [-0.25, -0.2) is 0 Å². The molecule has 106 valence electrons. The van der Waals surface area contributed by atoms with Crippen LogP contribution in [0.2, 0.25) is 5.02 Å². The van der Waals surface area contributed by atoms with Gasteiger partial charge >= 0.3 is 0 Å². The number of ether oxygens (including phenoxy) is 1. The zero-order valence-corrected chi connectivity index (χ0v) is 12.9. The molecule has 1 aliphatic heterocycles. The predicted octanol–water partition coefficient (Wildman–Crippen LogP) is 4.19. The van der Waals surface area contributed by atoms with E-state index < -0.39 is 0 Å². The van der Waals surface area contributed by atoms with Crippen molar-refractivity contribution in [3.05, 3.63) is 28.3 Å². The van der Waals surface area contributed by atoms with Crippen LogP contribution in [0.15, 0.2) is 12.1 Å². The highest BCUT2D eigenvalue weighted by Crippen LogP contribution is 2.32. The lowest BCUT2D eigenvalue weighted by molar-refractivity contribution is 0.351. The van der Waals surface area contributed by atoms with Gasteiger partial charge in [-0.3, -0.25) is 0 Å². The Morgan fingerprint density at radius 1 is 1.26 bits per heavy atom. The van der Waals surface area contributed by atoms with Gasteiger partial charge in [-0.1, -0.05) is 25.4 Å². The molecule has 1 N–H and O–H groups in total. The van der Waals surface area contributed by atoms with Gasteiger partial charge in [-0.15, -0.1) is 0 Å². The van der Waals surface area contributed by atoms with Crippen LogP contribution in [0.5, 0.6) is 5.75 Å². The average molecular weight is 282 g/mol. The summed E-state index contributed by atoms with van der Waals surface area (Å²) < 4.78 is 5.72. The van der Waals surface area contributed by atoms with E-state index in [2.05, 4.69) is 26.1 Å². The summed E-state index contributed by atoms with van der Waals surface area (Å²) in [5, 5.41) is 4.39. The fraction of sp³-hybridized carbons (Fsp3) is 0.625. The van der Waals surface area contributed by atoms with Gasteiger partial charge in [0.2, 0.25) is 0 Å². The van der Waals surface area contributed by atoms with Crippen LogP contribution in [0.3, 0.4) is 0 Å². The summed E-state index contributed by atoms with van der Waals surface area (Å²) in [4.78, 5) is 0. The minimum Gasteiger partial charge on any atom is -0.493 e. The molecule has 0 amide bonds. The van der Waals surface area contributed by atoms with Crippen molar-refractivity contribution in [3.8, 4) is 5.75 Å². The Morgan fingerprint density at radius 2 is 2.05 bits per heavy atom. The van der Waals surface area contributed by atoms with Crippen molar-refractivity contribution in [2.45, 2.75) is 52.6 Å². The van der Waals surface area contributed by atoms with Gasteiger partial charge in [0.15, 0.2) is 0 Å². The van der Waals surface area contributed by atoms with E-state index in [-0.39, 0.29) is 0 Å². The maximum absolute atomic E-state index is 6.16. The van der Waals surface area contributed by atoms with Crippen molar-refractivity contribution in [1.29, 1.82) is 0 Å². The molecule has 0 saturated heterocycles. The lowest BCUT2D eigenvalue weighted by Gasteiger charge is -2.16. The van der Waals surface area contributed by atoms with Crippen molar-refractivity contribution in [3.63, 3.8) is 0 Å². The molecule has 3 heteroatoms. The third kappa shape index (κ3) is 4.12. The number of benzene rings is 1. The first-order valence-electron chi connectivity index (χ1n) is 7.23. The maximum Gasteiger partial charge on any atom is 0.127 e. The zero-order chi connectivity index (χ0) is 13.8. The minimum atomic E-state index is 0.526. The number of halogens is 1. The van der Waals surface area contributed by atoms with E-state index in [1.807, 2.05) is 12.1 Å². The van der Waals surface area contributed by atoms with E-state index >= 15 is 0 Å². The number of nitrogens with one attached hydrogen (secondary N) is 1. The summed E-state index contributed by atoms with van der Waals surface area (Å²) in [5.74, 6) is 1.82. The SMILES string of the molecule is CC(C)CCC(C)NCc1cc(Cl)cc2c1OCC2. The fourth-order valence-electron chi connectivity index (χ4n) is 2.45. The number of hydrogen-bond acceptors (Lipinski definition) is 2. The van der Waals surface area contributed by atoms with Crippen molar-refractivity contribution in [2.75, 3.05) is 6.61 Å². The van der Waals surface area contributed by atoms with Crippen molar-refractivity contribution < 1.29 is 4.74 Å². The van der Waals surface area contributed by atoms with Crippen LogP contribution in [0.25, 0.3) is 0 Å². The van der Waals surface area contributed by atoms with Crippen molar-refractivity contribution in [1.82, 2.24) is 5.32 Å². The average Bonchev–Trinajstić information content (AvgIpc) is 2.81. The van der Waals surface area contributed by atoms with E-state index in [4.69, 9.17) is 16.3 Å². The standard InChI is InChI=1S/C16H24ClNO/c1-11(2)4-5-12(3)18-10-14-9-15(17)8-13-6-7-19-16(13)14/h8-9,11-12,18H,4-7,10H2,1-3H3. The second-order valence-corrected chi connectivity index (χ2v) is 6.34. The topological polar surface area (TPSA) is 21.3 Å². The summed E-state index contributed by atoms with van der Waals surface area (Å²) in [7, 11) is 0. The number of hydrogen-bond donors (Lipinski definition) is 1. The van der Waals surface area contributed by atoms with Crippen LogP contribution in [0, 0.1) is 5.92 Å². The molecule has 0 aliphatic carbocycles. The zero-order valence-electron chi connectivity index (χ0n) is 12.1. The molecule has 0 fully saturated rings. The van der Waals surface area contributed by atoms with E-state index in [0.29, 0.717) is 6.04 Å². The van der Waals surface area contributed by atoms with Crippen LogP contribution in [-0.4, -0.2) is 12.6 Å². The molecule has 1 aromatic rings. The Labute approximate surface area is 121 Å². The molecule has 1 atom stereocenters. The first-order chi connectivity index (χ1) is 9.06. The Balaban J connectivity index is 1.93. The molecule has 1 aliphatic rings. The van der Waals surface area contributed by atoms with Gasteiger partial charge in [-0.2, -0.15) is 0 Å². The summed E-state index contributed by atoms with van der Waals surface area (Å²) in [5.41, 5.74) is 2.44. The molecular weight excluding hydrogens is 258 g/mol. The van der Waals surface area contributed by atoms with Crippen LogP contribution < -0.4 is 10.1 Å². The fourth-order valence-corrected chi connectivity index (χ4v) is 2.71. The predicted molar refractivity (Wildman–Crippen MR) is 81.0 cm³/mol. The Morgan fingerprint density at radius 3 is 2.79 bits per heavy atom. The first-order valence-corrected chi connectivity index (χ1v) is 7.61.